The van der Waals surface area contributed by atoms with Crippen molar-refractivity contribution in [3.63, 3.8) is 0 Å². The van der Waals surface area contributed by atoms with Gasteiger partial charge in [-0.15, -0.1) is 0 Å². The maximum absolute atomic E-state index is 9.52. The first kappa shape index (κ1) is 10.6. The van der Waals surface area contributed by atoms with E-state index in [2.05, 4.69) is 4.98 Å². The Bertz CT molecular complexity index is 315. The van der Waals surface area contributed by atoms with Crippen molar-refractivity contribution < 1.29 is 14.6 Å². The van der Waals surface area contributed by atoms with Gasteiger partial charge in [-0.2, -0.15) is 0 Å². The molecule has 0 amide bonds. The first-order valence-corrected chi connectivity index (χ1v) is 4.23. The van der Waals surface area contributed by atoms with Crippen LogP contribution in [-0.4, -0.2) is 30.9 Å². The number of hydrogen-bond acceptors (Lipinski definition) is 5. The summed E-state index contributed by atoms with van der Waals surface area (Å²) in [5, 5.41) is 9.52. The zero-order valence-electron chi connectivity index (χ0n) is 8.28. The third kappa shape index (κ3) is 1.88. The maximum Gasteiger partial charge on any atom is 0.257 e. The van der Waals surface area contributed by atoms with Crippen LogP contribution < -0.4 is 15.2 Å². The van der Waals surface area contributed by atoms with E-state index in [1.165, 1.54) is 20.4 Å². The second-order valence-corrected chi connectivity index (χ2v) is 2.70. The lowest BCUT2D eigenvalue weighted by atomic mass is 10.1. The molecule has 0 saturated carbocycles. The summed E-state index contributed by atoms with van der Waals surface area (Å²) in [6.45, 7) is 0.428. The van der Waals surface area contributed by atoms with E-state index in [-0.39, 0.29) is 5.75 Å². The average Bonchev–Trinajstić information content (AvgIpc) is 2.21. The van der Waals surface area contributed by atoms with Gasteiger partial charge >= 0.3 is 0 Å². The molecule has 78 valence electrons. The topological polar surface area (TPSA) is 77.6 Å². The monoisotopic (exact) mass is 198 g/mol. The molecule has 1 heterocycles. The van der Waals surface area contributed by atoms with E-state index in [0.29, 0.717) is 30.2 Å². The van der Waals surface area contributed by atoms with Crippen LogP contribution >= 0.6 is 0 Å². The Kier molecular flexibility index (Phi) is 3.53. The number of nitrogens with two attached hydrogens (primary N) is 1. The number of nitrogens with zero attached hydrogens (tertiary/aromatic N) is 1. The van der Waals surface area contributed by atoms with Crippen molar-refractivity contribution >= 4 is 0 Å². The molecular formula is C9H14N2O3. The Morgan fingerprint density at radius 1 is 1.43 bits per heavy atom. The number of aromatic hydroxyl groups is 1. The van der Waals surface area contributed by atoms with E-state index in [4.69, 9.17) is 15.2 Å². The van der Waals surface area contributed by atoms with E-state index in [0.717, 1.165) is 0 Å². The van der Waals surface area contributed by atoms with Crippen LogP contribution in [0.3, 0.4) is 0 Å². The van der Waals surface area contributed by atoms with Crippen molar-refractivity contribution in [2.45, 2.75) is 6.42 Å². The number of rotatable bonds is 4. The lowest BCUT2D eigenvalue weighted by molar-refractivity contribution is 0.334. The van der Waals surface area contributed by atoms with Gasteiger partial charge in [0.2, 0.25) is 0 Å². The smallest absolute Gasteiger partial charge is 0.257 e. The Morgan fingerprint density at radius 2 is 2.14 bits per heavy atom. The molecule has 0 aromatic carbocycles. The normalized spacial score (nSPS) is 9.93. The van der Waals surface area contributed by atoms with Gasteiger partial charge in [0.25, 0.3) is 5.88 Å². The second kappa shape index (κ2) is 4.66. The summed E-state index contributed by atoms with van der Waals surface area (Å²) in [6, 6.07) is 0. The number of hydrogen-bond donors (Lipinski definition) is 2. The Labute approximate surface area is 82.5 Å². The average molecular weight is 198 g/mol. The lowest BCUT2D eigenvalue weighted by Gasteiger charge is -2.12. The van der Waals surface area contributed by atoms with Crippen LogP contribution in [0.5, 0.6) is 17.4 Å². The van der Waals surface area contributed by atoms with Gasteiger partial charge < -0.3 is 20.3 Å². The SMILES string of the molecule is COc1ncc(O)c(CCN)c1OC. The van der Waals surface area contributed by atoms with Crippen molar-refractivity contribution in [2.75, 3.05) is 20.8 Å². The summed E-state index contributed by atoms with van der Waals surface area (Å²) in [6.07, 6.45) is 1.85. The van der Waals surface area contributed by atoms with Gasteiger partial charge in [-0.3, -0.25) is 0 Å². The standard InChI is InChI=1S/C9H14N2O3/c1-13-8-6(3-4-10)7(12)5-11-9(8)14-2/h5,12H,3-4,10H2,1-2H3. The predicted molar refractivity (Wildman–Crippen MR) is 51.8 cm³/mol. The summed E-state index contributed by atoms with van der Waals surface area (Å²) in [5.74, 6) is 0.875. The summed E-state index contributed by atoms with van der Waals surface area (Å²) in [5.41, 5.74) is 6.04. The molecule has 0 radical (unpaired) electrons. The highest BCUT2D eigenvalue weighted by Crippen LogP contribution is 2.34. The van der Waals surface area contributed by atoms with Crippen molar-refractivity contribution in [2.24, 2.45) is 5.73 Å². The quantitative estimate of drug-likeness (QED) is 0.727. The van der Waals surface area contributed by atoms with Crippen LogP contribution in [0, 0.1) is 0 Å². The molecule has 0 aliphatic carbocycles. The Balaban J connectivity index is 3.20. The minimum atomic E-state index is 0.0769. The molecule has 5 heteroatoms. The molecule has 0 fully saturated rings. The largest absolute Gasteiger partial charge is 0.506 e. The summed E-state index contributed by atoms with van der Waals surface area (Å²) >= 11 is 0. The summed E-state index contributed by atoms with van der Waals surface area (Å²) in [4.78, 5) is 3.87. The third-order valence-corrected chi connectivity index (χ3v) is 1.87. The Morgan fingerprint density at radius 3 is 2.64 bits per heavy atom. The molecule has 0 bridgehead atoms. The van der Waals surface area contributed by atoms with Crippen LogP contribution in [0.25, 0.3) is 0 Å². The van der Waals surface area contributed by atoms with Crippen molar-refractivity contribution in [3.05, 3.63) is 11.8 Å². The minimum Gasteiger partial charge on any atom is -0.506 e. The van der Waals surface area contributed by atoms with Gasteiger partial charge in [0.05, 0.1) is 20.4 Å². The van der Waals surface area contributed by atoms with E-state index in [1.54, 1.807) is 0 Å². The first-order valence-electron chi connectivity index (χ1n) is 4.23. The molecule has 1 aromatic rings. The number of ether oxygens (including phenoxy) is 2. The van der Waals surface area contributed by atoms with E-state index < -0.39 is 0 Å². The fourth-order valence-electron chi connectivity index (χ4n) is 1.24. The van der Waals surface area contributed by atoms with Crippen molar-refractivity contribution in [3.8, 4) is 17.4 Å². The molecule has 5 nitrogen and oxygen atoms in total. The molecule has 0 saturated heterocycles. The van der Waals surface area contributed by atoms with Gasteiger partial charge in [-0.05, 0) is 13.0 Å². The Hall–Kier alpha value is -1.49. The second-order valence-electron chi connectivity index (χ2n) is 2.70. The number of methoxy groups -OCH3 is 2. The van der Waals surface area contributed by atoms with Gasteiger partial charge in [-0.25, -0.2) is 4.98 Å². The highest BCUT2D eigenvalue weighted by atomic mass is 16.5. The number of aromatic nitrogens is 1. The summed E-state index contributed by atoms with van der Waals surface area (Å²) < 4.78 is 10.1. The molecule has 14 heavy (non-hydrogen) atoms. The van der Waals surface area contributed by atoms with E-state index in [1.807, 2.05) is 0 Å². The molecule has 0 spiro atoms. The van der Waals surface area contributed by atoms with Crippen LogP contribution in [-0.2, 0) is 6.42 Å². The molecule has 3 N–H and O–H groups in total. The first-order chi connectivity index (χ1) is 6.74. The minimum absolute atomic E-state index is 0.0769. The fraction of sp³-hybridized carbons (Fsp3) is 0.444. The molecule has 0 atom stereocenters. The van der Waals surface area contributed by atoms with Gasteiger partial charge in [-0.1, -0.05) is 0 Å². The molecule has 0 unspecified atom stereocenters. The third-order valence-electron chi connectivity index (χ3n) is 1.87. The van der Waals surface area contributed by atoms with Crippen molar-refractivity contribution in [1.82, 2.24) is 4.98 Å². The van der Waals surface area contributed by atoms with Gasteiger partial charge in [0.1, 0.15) is 5.75 Å². The van der Waals surface area contributed by atoms with E-state index >= 15 is 0 Å². The molecule has 0 aliphatic rings. The molecule has 0 aliphatic heterocycles. The maximum atomic E-state index is 9.52. The molecule has 1 aromatic heterocycles. The predicted octanol–water partition coefficient (Wildman–Crippen LogP) is 0.306. The fourth-order valence-corrected chi connectivity index (χ4v) is 1.24. The zero-order chi connectivity index (χ0) is 10.6. The number of pyridine rings is 1. The molecular weight excluding hydrogens is 184 g/mol. The van der Waals surface area contributed by atoms with Crippen LogP contribution in [0.4, 0.5) is 0 Å². The highest BCUT2D eigenvalue weighted by molar-refractivity contribution is 5.48. The van der Waals surface area contributed by atoms with Crippen LogP contribution in [0.1, 0.15) is 5.56 Å². The van der Waals surface area contributed by atoms with Gasteiger partial charge in [0, 0.05) is 5.56 Å². The van der Waals surface area contributed by atoms with Crippen LogP contribution in [0.15, 0.2) is 6.20 Å². The van der Waals surface area contributed by atoms with E-state index in [9.17, 15) is 5.11 Å². The van der Waals surface area contributed by atoms with Crippen molar-refractivity contribution in [1.29, 1.82) is 0 Å². The zero-order valence-corrected chi connectivity index (χ0v) is 8.28. The lowest BCUT2D eigenvalue weighted by Crippen LogP contribution is -2.06. The summed E-state index contributed by atoms with van der Waals surface area (Å²) in [7, 11) is 2.99. The highest BCUT2D eigenvalue weighted by Gasteiger charge is 2.14. The molecule has 1 rings (SSSR count). The van der Waals surface area contributed by atoms with Gasteiger partial charge in [0.15, 0.2) is 5.75 Å². The van der Waals surface area contributed by atoms with Crippen LogP contribution in [0.2, 0.25) is 0 Å².